The van der Waals surface area contributed by atoms with E-state index in [4.69, 9.17) is 5.73 Å². The van der Waals surface area contributed by atoms with Gasteiger partial charge in [-0.3, -0.25) is 0 Å². The standard InChI is InChI=1S/C17H18F2N6/c18-12-2-1-11(7-13(12)19)17(8-20)3-5-25(6-4-17)16-14-15(22-9-21-14)23-10-24-16/h1-2,7,9-10H,3-6,8,20H2,(H,21,22,23,24). The smallest absolute Gasteiger partial charge is 0.162 e. The van der Waals surface area contributed by atoms with E-state index in [1.807, 2.05) is 0 Å². The summed E-state index contributed by atoms with van der Waals surface area (Å²) < 4.78 is 26.9. The number of anilines is 1. The average molecular weight is 344 g/mol. The third kappa shape index (κ3) is 2.62. The van der Waals surface area contributed by atoms with Gasteiger partial charge in [0.05, 0.1) is 6.33 Å². The number of rotatable bonds is 3. The summed E-state index contributed by atoms with van der Waals surface area (Å²) >= 11 is 0. The molecule has 130 valence electrons. The number of fused-ring (bicyclic) bond motifs is 1. The van der Waals surface area contributed by atoms with Crippen LogP contribution in [0.5, 0.6) is 0 Å². The highest BCUT2D eigenvalue weighted by Crippen LogP contribution is 2.37. The lowest BCUT2D eigenvalue weighted by atomic mass is 9.73. The zero-order valence-corrected chi connectivity index (χ0v) is 13.5. The topological polar surface area (TPSA) is 83.7 Å². The molecule has 2 aromatic heterocycles. The summed E-state index contributed by atoms with van der Waals surface area (Å²) in [6, 6.07) is 4.08. The Hall–Kier alpha value is -2.61. The molecule has 25 heavy (non-hydrogen) atoms. The van der Waals surface area contributed by atoms with Gasteiger partial charge in [-0.2, -0.15) is 0 Å². The third-order valence-corrected chi connectivity index (χ3v) is 5.14. The van der Waals surface area contributed by atoms with Crippen LogP contribution in [0, 0.1) is 11.6 Å². The summed E-state index contributed by atoms with van der Waals surface area (Å²) in [5, 5.41) is 0. The molecule has 4 rings (SSSR count). The predicted octanol–water partition coefficient (Wildman–Crippen LogP) is 2.13. The maximum absolute atomic E-state index is 13.7. The van der Waals surface area contributed by atoms with E-state index in [0.717, 1.165) is 29.7 Å². The lowest BCUT2D eigenvalue weighted by Crippen LogP contribution is -2.47. The number of nitrogens with one attached hydrogen (secondary N) is 1. The molecule has 1 fully saturated rings. The lowest BCUT2D eigenvalue weighted by molar-refractivity contribution is 0.337. The first-order chi connectivity index (χ1) is 12.1. The van der Waals surface area contributed by atoms with Gasteiger partial charge in [-0.25, -0.2) is 23.7 Å². The summed E-state index contributed by atoms with van der Waals surface area (Å²) in [5.74, 6) is -0.890. The number of benzene rings is 1. The summed E-state index contributed by atoms with van der Waals surface area (Å²) in [6.45, 7) is 1.79. The van der Waals surface area contributed by atoms with Crippen LogP contribution in [0.1, 0.15) is 18.4 Å². The van der Waals surface area contributed by atoms with Crippen molar-refractivity contribution in [3.63, 3.8) is 0 Å². The number of piperidine rings is 1. The molecule has 3 aromatic rings. The first kappa shape index (κ1) is 15.9. The minimum Gasteiger partial charge on any atom is -0.355 e. The molecule has 0 amide bonds. The number of hydrogen-bond acceptors (Lipinski definition) is 5. The van der Waals surface area contributed by atoms with E-state index in [9.17, 15) is 8.78 Å². The van der Waals surface area contributed by atoms with Crippen LogP contribution < -0.4 is 10.6 Å². The van der Waals surface area contributed by atoms with E-state index in [1.165, 1.54) is 18.5 Å². The molecule has 0 radical (unpaired) electrons. The van der Waals surface area contributed by atoms with Gasteiger partial charge in [-0.1, -0.05) is 6.07 Å². The van der Waals surface area contributed by atoms with Gasteiger partial charge in [-0.15, -0.1) is 0 Å². The minimum absolute atomic E-state index is 0.358. The average Bonchev–Trinajstić information content (AvgIpc) is 3.13. The van der Waals surface area contributed by atoms with Gasteiger partial charge in [0.15, 0.2) is 23.1 Å². The van der Waals surface area contributed by atoms with Crippen LogP contribution in [0.25, 0.3) is 11.2 Å². The van der Waals surface area contributed by atoms with Crippen LogP contribution in [0.2, 0.25) is 0 Å². The molecule has 0 aliphatic carbocycles. The number of halogens is 2. The fraction of sp³-hybridized carbons (Fsp3) is 0.353. The summed E-state index contributed by atoms with van der Waals surface area (Å²) in [4.78, 5) is 17.9. The van der Waals surface area contributed by atoms with Gasteiger partial charge in [0.25, 0.3) is 0 Å². The summed E-state index contributed by atoms with van der Waals surface area (Å²) in [6.07, 6.45) is 4.56. The largest absolute Gasteiger partial charge is 0.355 e. The Morgan fingerprint density at radius 2 is 1.92 bits per heavy atom. The molecule has 3 heterocycles. The van der Waals surface area contributed by atoms with Crippen molar-refractivity contribution in [2.24, 2.45) is 5.73 Å². The molecule has 1 aliphatic heterocycles. The highest BCUT2D eigenvalue weighted by Gasteiger charge is 2.36. The van der Waals surface area contributed by atoms with Gasteiger partial charge in [0.1, 0.15) is 11.8 Å². The van der Waals surface area contributed by atoms with Crippen molar-refractivity contribution in [1.29, 1.82) is 0 Å². The Bertz CT molecular complexity index is 901. The summed E-state index contributed by atoms with van der Waals surface area (Å²) in [5.41, 5.74) is 7.86. The number of nitrogens with two attached hydrogens (primary N) is 1. The number of H-pyrrole nitrogens is 1. The molecule has 1 saturated heterocycles. The van der Waals surface area contributed by atoms with Gasteiger partial charge < -0.3 is 15.6 Å². The van der Waals surface area contributed by atoms with Crippen molar-refractivity contribution in [3.05, 3.63) is 48.1 Å². The number of aromatic amines is 1. The molecule has 1 aromatic carbocycles. The molecule has 0 bridgehead atoms. The molecule has 3 N–H and O–H groups in total. The van der Waals surface area contributed by atoms with Crippen molar-refractivity contribution >= 4 is 17.0 Å². The van der Waals surface area contributed by atoms with E-state index in [0.29, 0.717) is 25.3 Å². The van der Waals surface area contributed by atoms with Crippen molar-refractivity contribution in [1.82, 2.24) is 19.9 Å². The first-order valence-electron chi connectivity index (χ1n) is 8.18. The van der Waals surface area contributed by atoms with E-state index < -0.39 is 11.6 Å². The minimum atomic E-state index is -0.838. The van der Waals surface area contributed by atoms with Gasteiger partial charge >= 0.3 is 0 Å². The Kier molecular flexibility index (Phi) is 3.84. The fourth-order valence-corrected chi connectivity index (χ4v) is 3.57. The Morgan fingerprint density at radius 3 is 2.64 bits per heavy atom. The second kappa shape index (κ2) is 6.03. The first-order valence-corrected chi connectivity index (χ1v) is 8.18. The van der Waals surface area contributed by atoms with Crippen LogP contribution in [-0.2, 0) is 5.41 Å². The highest BCUT2D eigenvalue weighted by atomic mass is 19.2. The normalized spacial score (nSPS) is 17.2. The van der Waals surface area contributed by atoms with E-state index in [2.05, 4.69) is 24.8 Å². The zero-order valence-electron chi connectivity index (χ0n) is 13.5. The Labute approximate surface area is 143 Å². The van der Waals surface area contributed by atoms with Crippen molar-refractivity contribution in [2.45, 2.75) is 18.3 Å². The van der Waals surface area contributed by atoms with Crippen molar-refractivity contribution in [3.8, 4) is 0 Å². The Balaban J connectivity index is 1.61. The second-order valence-corrected chi connectivity index (χ2v) is 6.40. The summed E-state index contributed by atoms with van der Waals surface area (Å²) in [7, 11) is 0. The molecule has 0 saturated carbocycles. The quantitative estimate of drug-likeness (QED) is 0.760. The third-order valence-electron chi connectivity index (χ3n) is 5.14. The number of aromatic nitrogens is 4. The van der Waals surface area contributed by atoms with Crippen molar-refractivity contribution in [2.75, 3.05) is 24.5 Å². The SMILES string of the molecule is NCC1(c2ccc(F)c(F)c2)CCN(c2ncnc3[nH]cnc23)CC1. The van der Waals surface area contributed by atoms with Gasteiger partial charge in [0, 0.05) is 25.0 Å². The molecule has 0 unspecified atom stereocenters. The monoisotopic (exact) mass is 344 g/mol. The molecule has 6 nitrogen and oxygen atoms in total. The number of nitrogens with zero attached hydrogens (tertiary/aromatic N) is 4. The molecule has 1 aliphatic rings. The predicted molar refractivity (Wildman–Crippen MR) is 90.2 cm³/mol. The van der Waals surface area contributed by atoms with E-state index in [-0.39, 0.29) is 5.41 Å². The van der Waals surface area contributed by atoms with Crippen LogP contribution in [0.3, 0.4) is 0 Å². The van der Waals surface area contributed by atoms with Gasteiger partial charge in [-0.05, 0) is 30.5 Å². The van der Waals surface area contributed by atoms with Gasteiger partial charge in [0.2, 0.25) is 0 Å². The number of hydrogen-bond donors (Lipinski definition) is 2. The van der Waals surface area contributed by atoms with Crippen molar-refractivity contribution < 1.29 is 8.78 Å². The molecule has 0 atom stereocenters. The van der Waals surface area contributed by atoms with Crippen LogP contribution in [0.4, 0.5) is 14.6 Å². The number of imidazole rings is 1. The van der Waals surface area contributed by atoms with Crippen LogP contribution in [0.15, 0.2) is 30.9 Å². The van der Waals surface area contributed by atoms with E-state index in [1.54, 1.807) is 12.4 Å². The van der Waals surface area contributed by atoms with E-state index >= 15 is 0 Å². The highest BCUT2D eigenvalue weighted by molar-refractivity contribution is 5.82. The molecule has 0 spiro atoms. The van der Waals surface area contributed by atoms with Crippen LogP contribution in [-0.4, -0.2) is 39.6 Å². The fourth-order valence-electron chi connectivity index (χ4n) is 3.57. The molecular weight excluding hydrogens is 326 g/mol. The maximum atomic E-state index is 13.7. The Morgan fingerprint density at radius 1 is 1.12 bits per heavy atom. The lowest BCUT2D eigenvalue weighted by Gasteiger charge is -2.42. The van der Waals surface area contributed by atoms with Crippen LogP contribution >= 0.6 is 0 Å². The maximum Gasteiger partial charge on any atom is 0.162 e. The molecular formula is C17H18F2N6. The molecule has 8 heteroatoms. The zero-order chi connectivity index (χ0) is 17.4. The second-order valence-electron chi connectivity index (χ2n) is 6.40.